The van der Waals surface area contributed by atoms with E-state index in [0.29, 0.717) is 23.8 Å². The lowest BCUT2D eigenvalue weighted by atomic mass is 10.1. The maximum absolute atomic E-state index is 12.3. The topological polar surface area (TPSA) is 67.9 Å². The number of anilines is 1. The predicted molar refractivity (Wildman–Crippen MR) is 92.2 cm³/mol. The van der Waals surface area contributed by atoms with E-state index < -0.39 is 0 Å². The molecule has 1 aliphatic rings. The van der Waals surface area contributed by atoms with Gasteiger partial charge in [0, 0.05) is 32.5 Å². The van der Waals surface area contributed by atoms with Crippen LogP contribution < -0.4 is 5.32 Å². The molecule has 6 nitrogen and oxygen atoms in total. The Bertz CT molecular complexity index is 544. The lowest BCUT2D eigenvalue weighted by molar-refractivity contribution is 0.0505. The minimum atomic E-state index is -0.338. The summed E-state index contributed by atoms with van der Waals surface area (Å²) in [5.74, 6) is 0.168. The van der Waals surface area contributed by atoms with Crippen molar-refractivity contribution < 1.29 is 19.1 Å². The molecule has 0 radical (unpaired) electrons. The summed E-state index contributed by atoms with van der Waals surface area (Å²) in [6.45, 7) is 4.62. The fourth-order valence-corrected chi connectivity index (χ4v) is 2.71. The van der Waals surface area contributed by atoms with Gasteiger partial charge in [-0.05, 0) is 49.4 Å². The number of hydrogen-bond acceptors (Lipinski definition) is 4. The van der Waals surface area contributed by atoms with Gasteiger partial charge in [-0.15, -0.1) is 0 Å². The number of rotatable bonds is 7. The number of hydrogen-bond donors (Lipinski definition) is 1. The Balaban J connectivity index is 1.83. The van der Waals surface area contributed by atoms with Crippen LogP contribution >= 0.6 is 0 Å². The molecule has 2 rings (SSSR count). The van der Waals surface area contributed by atoms with Crippen LogP contribution in [0.4, 0.5) is 10.5 Å². The third kappa shape index (κ3) is 5.23. The molecule has 132 valence electrons. The number of nitrogens with zero attached hydrogens (tertiary/aromatic N) is 1. The minimum absolute atomic E-state index is 0.101. The fraction of sp³-hybridized carbons (Fsp3) is 0.556. The quantitative estimate of drug-likeness (QED) is 0.778. The summed E-state index contributed by atoms with van der Waals surface area (Å²) in [5.41, 5.74) is 1.16. The molecule has 1 N–H and O–H groups in total. The second-order valence-corrected chi connectivity index (χ2v) is 6.03. The lowest BCUT2D eigenvalue weighted by Gasteiger charge is -2.17. The number of methoxy groups -OCH3 is 1. The molecule has 6 heteroatoms. The predicted octanol–water partition coefficient (Wildman–Crippen LogP) is 3.14. The highest BCUT2D eigenvalue weighted by Crippen LogP contribution is 2.20. The first-order valence-corrected chi connectivity index (χ1v) is 8.46. The van der Waals surface area contributed by atoms with Crippen LogP contribution in [-0.2, 0) is 9.47 Å². The average Bonchev–Trinajstić information content (AvgIpc) is 3.07. The molecule has 1 aromatic rings. The molecule has 1 unspecified atom stereocenters. The van der Waals surface area contributed by atoms with Crippen molar-refractivity contribution in [2.45, 2.75) is 26.2 Å². The Morgan fingerprint density at radius 1 is 1.25 bits per heavy atom. The van der Waals surface area contributed by atoms with E-state index in [1.54, 1.807) is 31.4 Å². The van der Waals surface area contributed by atoms with E-state index in [-0.39, 0.29) is 12.0 Å². The Labute approximate surface area is 143 Å². The van der Waals surface area contributed by atoms with Crippen LogP contribution in [0.1, 0.15) is 36.5 Å². The standard InChI is InChI=1S/C18H26N2O4/c1-3-11-24-17(21)15-4-6-16(7-5-15)19-18(22)20-10-8-14(13-20)9-12-23-2/h4-7,14H,3,8-13H2,1-2H3,(H,19,22). The second kappa shape index (κ2) is 9.27. The van der Waals surface area contributed by atoms with Gasteiger partial charge >= 0.3 is 12.0 Å². The number of esters is 1. The van der Waals surface area contributed by atoms with Crippen molar-refractivity contribution in [2.75, 3.05) is 38.7 Å². The van der Waals surface area contributed by atoms with Crippen LogP contribution in [0.15, 0.2) is 24.3 Å². The number of urea groups is 1. The Morgan fingerprint density at radius 2 is 2.00 bits per heavy atom. The van der Waals surface area contributed by atoms with Crippen molar-refractivity contribution >= 4 is 17.7 Å². The molecule has 0 spiro atoms. The first kappa shape index (κ1) is 18.3. The van der Waals surface area contributed by atoms with Gasteiger partial charge in [0.1, 0.15) is 0 Å². The summed E-state index contributed by atoms with van der Waals surface area (Å²) < 4.78 is 10.2. The zero-order valence-corrected chi connectivity index (χ0v) is 14.4. The maximum Gasteiger partial charge on any atom is 0.338 e. The Kier molecular flexibility index (Phi) is 7.06. The molecule has 24 heavy (non-hydrogen) atoms. The normalized spacial score (nSPS) is 16.9. The minimum Gasteiger partial charge on any atom is -0.462 e. The van der Waals surface area contributed by atoms with Crippen LogP contribution in [0.25, 0.3) is 0 Å². The van der Waals surface area contributed by atoms with Gasteiger partial charge in [-0.25, -0.2) is 9.59 Å². The number of ether oxygens (including phenoxy) is 2. The molecule has 1 atom stereocenters. The van der Waals surface area contributed by atoms with Crippen LogP contribution in [0.2, 0.25) is 0 Å². The molecule has 2 amide bonds. The SMILES string of the molecule is CCCOC(=O)c1ccc(NC(=O)N2CCC(CCOC)C2)cc1. The smallest absolute Gasteiger partial charge is 0.338 e. The number of carbonyl (C=O) groups excluding carboxylic acids is 2. The van der Waals surface area contributed by atoms with Gasteiger partial charge in [0.05, 0.1) is 12.2 Å². The number of likely N-dealkylation sites (tertiary alicyclic amines) is 1. The van der Waals surface area contributed by atoms with Crippen LogP contribution in [0, 0.1) is 5.92 Å². The van der Waals surface area contributed by atoms with Crippen LogP contribution in [-0.4, -0.2) is 50.3 Å². The van der Waals surface area contributed by atoms with E-state index in [0.717, 1.165) is 39.0 Å². The summed E-state index contributed by atoms with van der Waals surface area (Å²) in [7, 11) is 1.70. The van der Waals surface area contributed by atoms with E-state index in [9.17, 15) is 9.59 Å². The molecule has 1 heterocycles. The highest BCUT2D eigenvalue weighted by atomic mass is 16.5. The number of amides is 2. The Morgan fingerprint density at radius 3 is 2.67 bits per heavy atom. The number of benzene rings is 1. The summed E-state index contributed by atoms with van der Waals surface area (Å²) in [6, 6.07) is 6.67. The zero-order valence-electron chi connectivity index (χ0n) is 14.4. The van der Waals surface area contributed by atoms with Gasteiger partial charge in [0.15, 0.2) is 0 Å². The fourth-order valence-electron chi connectivity index (χ4n) is 2.71. The summed E-state index contributed by atoms with van der Waals surface area (Å²) in [6.07, 6.45) is 2.79. The summed E-state index contributed by atoms with van der Waals surface area (Å²) in [5, 5.41) is 2.87. The van der Waals surface area contributed by atoms with Crippen molar-refractivity contribution in [1.82, 2.24) is 4.90 Å². The molecular formula is C18H26N2O4. The molecule has 1 saturated heterocycles. The molecule has 0 aromatic heterocycles. The highest BCUT2D eigenvalue weighted by molar-refractivity contribution is 5.92. The van der Waals surface area contributed by atoms with Gasteiger partial charge in [-0.1, -0.05) is 6.92 Å². The summed E-state index contributed by atoms with van der Waals surface area (Å²) >= 11 is 0. The number of carbonyl (C=O) groups is 2. The van der Waals surface area contributed by atoms with Crippen molar-refractivity contribution in [3.05, 3.63) is 29.8 Å². The Hall–Kier alpha value is -2.08. The van der Waals surface area contributed by atoms with Gasteiger partial charge < -0.3 is 19.7 Å². The van der Waals surface area contributed by atoms with Gasteiger partial charge in [-0.3, -0.25) is 0 Å². The van der Waals surface area contributed by atoms with Crippen molar-refractivity contribution in [2.24, 2.45) is 5.92 Å². The first-order valence-electron chi connectivity index (χ1n) is 8.46. The average molecular weight is 334 g/mol. The van der Waals surface area contributed by atoms with Crippen LogP contribution in [0.3, 0.4) is 0 Å². The molecule has 1 aliphatic heterocycles. The largest absolute Gasteiger partial charge is 0.462 e. The van der Waals surface area contributed by atoms with Crippen LogP contribution in [0.5, 0.6) is 0 Å². The molecule has 0 saturated carbocycles. The molecule has 1 aromatic carbocycles. The number of nitrogens with one attached hydrogen (secondary N) is 1. The van der Waals surface area contributed by atoms with Crippen molar-refractivity contribution in [3.8, 4) is 0 Å². The lowest BCUT2D eigenvalue weighted by Crippen LogP contribution is -2.33. The van der Waals surface area contributed by atoms with E-state index in [2.05, 4.69) is 5.32 Å². The van der Waals surface area contributed by atoms with Gasteiger partial charge in [0.25, 0.3) is 0 Å². The molecule has 1 fully saturated rings. The highest BCUT2D eigenvalue weighted by Gasteiger charge is 2.25. The summed E-state index contributed by atoms with van der Waals surface area (Å²) in [4.78, 5) is 25.8. The van der Waals surface area contributed by atoms with E-state index >= 15 is 0 Å². The van der Waals surface area contributed by atoms with Crippen molar-refractivity contribution in [1.29, 1.82) is 0 Å². The monoisotopic (exact) mass is 334 g/mol. The van der Waals surface area contributed by atoms with E-state index in [1.807, 2.05) is 11.8 Å². The first-order chi connectivity index (χ1) is 11.6. The molecular weight excluding hydrogens is 308 g/mol. The van der Waals surface area contributed by atoms with Gasteiger partial charge in [0.2, 0.25) is 0 Å². The third-order valence-corrected chi connectivity index (χ3v) is 4.11. The van der Waals surface area contributed by atoms with Gasteiger partial charge in [-0.2, -0.15) is 0 Å². The third-order valence-electron chi connectivity index (χ3n) is 4.11. The molecule has 0 aliphatic carbocycles. The maximum atomic E-state index is 12.3. The zero-order chi connectivity index (χ0) is 17.4. The molecule has 0 bridgehead atoms. The van der Waals surface area contributed by atoms with E-state index in [1.165, 1.54) is 0 Å². The van der Waals surface area contributed by atoms with E-state index in [4.69, 9.17) is 9.47 Å². The second-order valence-electron chi connectivity index (χ2n) is 6.03. The van der Waals surface area contributed by atoms with Crippen molar-refractivity contribution in [3.63, 3.8) is 0 Å².